The van der Waals surface area contributed by atoms with E-state index in [1.165, 1.54) is 6.92 Å². The van der Waals surface area contributed by atoms with E-state index in [9.17, 15) is 14.4 Å². The molecule has 17 heavy (non-hydrogen) atoms. The van der Waals surface area contributed by atoms with Gasteiger partial charge in [0.1, 0.15) is 0 Å². The smallest absolute Gasteiger partial charge is 0.407 e. The van der Waals surface area contributed by atoms with Crippen LogP contribution in [0, 0.1) is 0 Å². The molecule has 6 nitrogen and oxygen atoms in total. The lowest BCUT2D eigenvalue weighted by Gasteiger charge is -2.23. The SMILES string of the molecule is CSC(OC(C)=O)C(=O)[C@@H]1CCCN1C(=O)O. The molecule has 0 radical (unpaired) electrons. The highest BCUT2D eigenvalue weighted by molar-refractivity contribution is 7.99. The van der Waals surface area contributed by atoms with Gasteiger partial charge in [-0.2, -0.15) is 0 Å². The molecule has 7 heteroatoms. The van der Waals surface area contributed by atoms with E-state index in [1.54, 1.807) is 6.26 Å². The fraction of sp³-hybridized carbons (Fsp3) is 0.700. The molecule has 0 saturated carbocycles. The molecule has 0 aromatic heterocycles. The third-order valence-electron chi connectivity index (χ3n) is 2.55. The predicted octanol–water partition coefficient (Wildman–Crippen LogP) is 0.950. The van der Waals surface area contributed by atoms with Gasteiger partial charge >= 0.3 is 12.1 Å². The number of hydrogen-bond donors (Lipinski definition) is 1. The van der Waals surface area contributed by atoms with Gasteiger partial charge in [-0.15, -0.1) is 11.8 Å². The third-order valence-corrected chi connectivity index (χ3v) is 3.30. The second kappa shape index (κ2) is 5.90. The minimum absolute atomic E-state index is 0.354. The van der Waals surface area contributed by atoms with E-state index in [2.05, 4.69) is 0 Å². The average Bonchev–Trinajstić information content (AvgIpc) is 2.73. The number of carbonyl (C=O) groups is 3. The highest BCUT2D eigenvalue weighted by Gasteiger charge is 2.38. The van der Waals surface area contributed by atoms with Gasteiger partial charge in [0.15, 0.2) is 0 Å². The maximum absolute atomic E-state index is 12.0. The van der Waals surface area contributed by atoms with Crippen molar-refractivity contribution in [3.05, 3.63) is 0 Å². The molecule has 2 atom stereocenters. The van der Waals surface area contributed by atoms with Gasteiger partial charge in [-0.25, -0.2) is 4.79 Å². The Hall–Kier alpha value is -1.24. The summed E-state index contributed by atoms with van der Waals surface area (Å²) in [4.78, 5) is 34.9. The standard InChI is InChI=1S/C10H15NO5S/c1-6(12)16-9(17-2)8(13)7-4-3-5-11(7)10(14)15/h7,9H,3-5H2,1-2H3,(H,14,15)/t7-,9?/m0/s1. The van der Waals surface area contributed by atoms with E-state index in [0.29, 0.717) is 19.4 Å². The van der Waals surface area contributed by atoms with E-state index in [-0.39, 0.29) is 5.78 Å². The molecular weight excluding hydrogens is 246 g/mol. The van der Waals surface area contributed by atoms with E-state index in [0.717, 1.165) is 16.7 Å². The second-order valence-corrected chi connectivity index (χ2v) is 4.61. The van der Waals surface area contributed by atoms with Gasteiger partial charge in [0.25, 0.3) is 0 Å². The van der Waals surface area contributed by atoms with Crippen LogP contribution in [0.4, 0.5) is 4.79 Å². The van der Waals surface area contributed by atoms with Crippen LogP contribution in [-0.2, 0) is 14.3 Å². The number of ether oxygens (including phenoxy) is 1. The van der Waals surface area contributed by atoms with Gasteiger partial charge in [-0.05, 0) is 19.1 Å². The summed E-state index contributed by atoms with van der Waals surface area (Å²) in [5, 5.41) is 8.93. The zero-order valence-electron chi connectivity index (χ0n) is 9.71. The van der Waals surface area contributed by atoms with Crippen molar-refractivity contribution in [1.82, 2.24) is 4.90 Å². The number of amides is 1. The third kappa shape index (κ3) is 3.36. The molecule has 1 amide bonds. The van der Waals surface area contributed by atoms with Crippen molar-refractivity contribution < 1.29 is 24.2 Å². The number of Topliss-reactive ketones (excluding diaryl/α,β-unsaturated/α-hetero) is 1. The number of esters is 1. The first-order valence-corrected chi connectivity index (χ1v) is 6.49. The Bertz CT molecular complexity index is 333. The van der Waals surface area contributed by atoms with Crippen LogP contribution in [0.5, 0.6) is 0 Å². The molecule has 1 N–H and O–H groups in total. The van der Waals surface area contributed by atoms with E-state index in [1.807, 2.05) is 0 Å². The lowest BCUT2D eigenvalue weighted by molar-refractivity contribution is -0.148. The van der Waals surface area contributed by atoms with Crippen LogP contribution in [0.15, 0.2) is 0 Å². The van der Waals surface area contributed by atoms with Crippen molar-refractivity contribution >= 4 is 29.6 Å². The molecule has 0 aliphatic carbocycles. The molecular formula is C10H15NO5S. The van der Waals surface area contributed by atoms with Crippen molar-refractivity contribution in [2.45, 2.75) is 31.2 Å². The largest absolute Gasteiger partial charge is 0.465 e. The summed E-state index contributed by atoms with van der Waals surface area (Å²) in [6, 6.07) is -0.690. The summed E-state index contributed by atoms with van der Waals surface area (Å²) < 4.78 is 4.86. The van der Waals surface area contributed by atoms with Gasteiger partial charge in [-0.3, -0.25) is 14.5 Å². The van der Waals surface area contributed by atoms with Crippen LogP contribution in [0.25, 0.3) is 0 Å². The highest BCUT2D eigenvalue weighted by Crippen LogP contribution is 2.23. The van der Waals surface area contributed by atoms with E-state index >= 15 is 0 Å². The number of thioether (sulfide) groups is 1. The van der Waals surface area contributed by atoms with Crippen LogP contribution in [0.2, 0.25) is 0 Å². The van der Waals surface area contributed by atoms with Gasteiger partial charge < -0.3 is 9.84 Å². The number of nitrogens with zero attached hydrogens (tertiary/aromatic N) is 1. The monoisotopic (exact) mass is 261 g/mol. The Labute approximate surface area is 103 Å². The number of carboxylic acid groups (broad SMARTS) is 1. The van der Waals surface area contributed by atoms with Crippen molar-refractivity contribution in [2.24, 2.45) is 0 Å². The molecule has 96 valence electrons. The summed E-state index contributed by atoms with van der Waals surface area (Å²) in [5.74, 6) is -0.898. The fourth-order valence-electron chi connectivity index (χ4n) is 1.82. The summed E-state index contributed by atoms with van der Waals surface area (Å²) in [5.41, 5.74) is -0.919. The average molecular weight is 261 g/mol. The molecule has 1 heterocycles. The van der Waals surface area contributed by atoms with Crippen LogP contribution in [0.1, 0.15) is 19.8 Å². The lowest BCUT2D eigenvalue weighted by Crippen LogP contribution is -2.44. The molecule has 1 fully saturated rings. The number of hydrogen-bond acceptors (Lipinski definition) is 5. The molecule has 0 bridgehead atoms. The summed E-state index contributed by atoms with van der Waals surface area (Å²) in [6.07, 6.45) is 1.68. The Morgan fingerprint density at radius 2 is 2.12 bits per heavy atom. The van der Waals surface area contributed by atoms with Crippen LogP contribution < -0.4 is 0 Å². The van der Waals surface area contributed by atoms with Gasteiger partial charge in [0.2, 0.25) is 11.2 Å². The minimum atomic E-state index is -1.11. The zero-order valence-corrected chi connectivity index (χ0v) is 10.5. The second-order valence-electron chi connectivity index (χ2n) is 3.71. The van der Waals surface area contributed by atoms with Crippen LogP contribution in [-0.4, -0.2) is 52.1 Å². The number of likely N-dealkylation sites (tertiary alicyclic amines) is 1. The minimum Gasteiger partial charge on any atom is -0.465 e. The first-order valence-electron chi connectivity index (χ1n) is 5.20. The van der Waals surface area contributed by atoms with Crippen molar-refractivity contribution in [3.8, 4) is 0 Å². The maximum atomic E-state index is 12.0. The summed E-state index contributed by atoms with van der Waals surface area (Å²) >= 11 is 1.09. The van der Waals surface area contributed by atoms with Crippen LogP contribution in [0.3, 0.4) is 0 Å². The normalized spacial score (nSPS) is 21.1. The predicted molar refractivity (Wildman–Crippen MR) is 61.8 cm³/mol. The number of carbonyl (C=O) groups excluding carboxylic acids is 2. The van der Waals surface area contributed by atoms with Gasteiger partial charge in [-0.1, -0.05) is 0 Å². The van der Waals surface area contributed by atoms with Crippen molar-refractivity contribution in [3.63, 3.8) is 0 Å². The Kier molecular flexibility index (Phi) is 4.80. The molecule has 1 saturated heterocycles. The number of ketones is 1. The molecule has 1 aliphatic heterocycles. The molecule has 0 aromatic carbocycles. The Morgan fingerprint density at radius 1 is 1.47 bits per heavy atom. The van der Waals surface area contributed by atoms with Crippen molar-refractivity contribution in [2.75, 3.05) is 12.8 Å². The Morgan fingerprint density at radius 3 is 2.59 bits per heavy atom. The highest BCUT2D eigenvalue weighted by atomic mass is 32.2. The first-order chi connectivity index (χ1) is 7.97. The molecule has 1 rings (SSSR count). The topological polar surface area (TPSA) is 83.9 Å². The van der Waals surface area contributed by atoms with E-state index in [4.69, 9.17) is 9.84 Å². The quantitative estimate of drug-likeness (QED) is 0.599. The molecule has 1 aliphatic rings. The molecule has 0 aromatic rings. The zero-order chi connectivity index (χ0) is 13.0. The molecule has 0 spiro atoms. The first kappa shape index (κ1) is 13.8. The maximum Gasteiger partial charge on any atom is 0.407 e. The van der Waals surface area contributed by atoms with Gasteiger partial charge in [0.05, 0.1) is 6.04 Å². The summed E-state index contributed by atoms with van der Waals surface area (Å²) in [7, 11) is 0. The number of rotatable bonds is 4. The Balaban J connectivity index is 2.73. The lowest BCUT2D eigenvalue weighted by atomic mass is 10.1. The summed E-state index contributed by atoms with van der Waals surface area (Å²) in [6.45, 7) is 1.58. The van der Waals surface area contributed by atoms with E-state index < -0.39 is 23.5 Å². The van der Waals surface area contributed by atoms with Crippen LogP contribution >= 0.6 is 11.8 Å². The van der Waals surface area contributed by atoms with Crippen molar-refractivity contribution in [1.29, 1.82) is 0 Å². The van der Waals surface area contributed by atoms with Gasteiger partial charge in [0, 0.05) is 13.5 Å². The molecule has 1 unspecified atom stereocenters. The fourth-order valence-corrected chi connectivity index (χ4v) is 2.44.